The molecule has 2 fully saturated rings. The Morgan fingerprint density at radius 2 is 1.97 bits per heavy atom. The van der Waals surface area contributed by atoms with Crippen LogP contribution in [0.15, 0.2) is 24.3 Å². The van der Waals surface area contributed by atoms with Crippen LogP contribution in [0.25, 0.3) is 10.9 Å². The van der Waals surface area contributed by atoms with E-state index >= 15 is 0 Å². The van der Waals surface area contributed by atoms with Crippen LogP contribution in [-0.2, 0) is 9.59 Å². The molecule has 2 aromatic rings. The third kappa shape index (κ3) is 5.94. The first-order chi connectivity index (χ1) is 17.0. The van der Waals surface area contributed by atoms with Crippen molar-refractivity contribution in [1.82, 2.24) is 20.9 Å². The van der Waals surface area contributed by atoms with Crippen molar-refractivity contribution in [3.8, 4) is 11.8 Å². The molecule has 1 aromatic carbocycles. The minimum absolute atomic E-state index is 0.0826. The second-order valence-electron chi connectivity index (χ2n) is 9.57. The number of methoxy groups -OCH3 is 1. The van der Waals surface area contributed by atoms with Gasteiger partial charge < -0.3 is 25.7 Å². The average molecular weight is 480 g/mol. The van der Waals surface area contributed by atoms with Crippen LogP contribution in [0.2, 0.25) is 0 Å². The van der Waals surface area contributed by atoms with Gasteiger partial charge in [0.25, 0.3) is 5.91 Å². The molecule has 1 unspecified atom stereocenters. The molecule has 2 aliphatic rings. The number of H-pyrrole nitrogens is 1. The molecule has 2 heterocycles. The fourth-order valence-electron chi connectivity index (χ4n) is 5.22. The highest BCUT2D eigenvalue weighted by molar-refractivity contribution is 6.01. The smallest absolute Gasteiger partial charge is 0.268 e. The number of carbonyl (C=O) groups is 3. The second kappa shape index (κ2) is 11.3. The molecule has 4 rings (SSSR count). The summed E-state index contributed by atoms with van der Waals surface area (Å²) in [5.41, 5.74) is 1.10. The highest BCUT2D eigenvalue weighted by atomic mass is 16.5. The van der Waals surface area contributed by atoms with E-state index < -0.39 is 12.1 Å². The van der Waals surface area contributed by atoms with Crippen molar-refractivity contribution in [3.63, 3.8) is 0 Å². The Bertz CT molecular complexity index is 1110. The number of aromatic amines is 1. The van der Waals surface area contributed by atoms with Gasteiger partial charge in [-0.05, 0) is 43.4 Å². The normalized spacial score (nSPS) is 20.0. The minimum Gasteiger partial charge on any atom is -0.496 e. The summed E-state index contributed by atoms with van der Waals surface area (Å²) in [6, 6.07) is 7.78. The molecule has 1 aromatic heterocycles. The molecule has 1 aliphatic carbocycles. The lowest BCUT2D eigenvalue weighted by Gasteiger charge is -2.27. The van der Waals surface area contributed by atoms with Gasteiger partial charge in [0.2, 0.25) is 11.8 Å². The quantitative estimate of drug-likeness (QED) is 0.438. The second-order valence-corrected chi connectivity index (χ2v) is 9.57. The molecule has 0 radical (unpaired) electrons. The largest absolute Gasteiger partial charge is 0.496 e. The molecule has 186 valence electrons. The molecule has 0 spiro atoms. The van der Waals surface area contributed by atoms with Crippen molar-refractivity contribution in [2.24, 2.45) is 11.8 Å². The molecule has 1 saturated carbocycles. The Morgan fingerprint density at radius 3 is 2.66 bits per heavy atom. The predicted molar refractivity (Wildman–Crippen MR) is 131 cm³/mol. The number of ether oxygens (including phenoxy) is 1. The maximum Gasteiger partial charge on any atom is 0.268 e. The molecular formula is C26H33N5O4. The summed E-state index contributed by atoms with van der Waals surface area (Å²) in [6.07, 6.45) is 6.90. The molecular weight excluding hydrogens is 446 g/mol. The number of nitriles is 1. The number of rotatable bonds is 9. The van der Waals surface area contributed by atoms with Gasteiger partial charge in [-0.15, -0.1) is 0 Å². The van der Waals surface area contributed by atoms with E-state index in [0.29, 0.717) is 36.7 Å². The van der Waals surface area contributed by atoms with E-state index in [9.17, 15) is 19.6 Å². The fraction of sp³-hybridized carbons (Fsp3) is 0.538. The highest BCUT2D eigenvalue weighted by Crippen LogP contribution is 2.28. The fourth-order valence-corrected chi connectivity index (χ4v) is 5.22. The number of hydrogen-bond donors (Lipinski definition) is 4. The van der Waals surface area contributed by atoms with E-state index in [-0.39, 0.29) is 30.1 Å². The van der Waals surface area contributed by atoms with Crippen LogP contribution in [0.4, 0.5) is 0 Å². The number of carbonyl (C=O) groups excluding carboxylic acids is 3. The maximum absolute atomic E-state index is 13.3. The zero-order chi connectivity index (χ0) is 24.8. The van der Waals surface area contributed by atoms with Crippen LogP contribution in [0.1, 0.15) is 61.9 Å². The Hall–Kier alpha value is -3.54. The van der Waals surface area contributed by atoms with E-state index in [1.54, 1.807) is 13.2 Å². The first-order valence-corrected chi connectivity index (χ1v) is 12.4. The summed E-state index contributed by atoms with van der Waals surface area (Å²) in [6.45, 7) is 0.589. The van der Waals surface area contributed by atoms with Crippen molar-refractivity contribution < 1.29 is 19.1 Å². The molecule has 35 heavy (non-hydrogen) atoms. The van der Waals surface area contributed by atoms with Crippen molar-refractivity contribution in [2.75, 3.05) is 13.7 Å². The van der Waals surface area contributed by atoms with Gasteiger partial charge in [0.15, 0.2) is 0 Å². The number of amides is 3. The Balaban J connectivity index is 1.48. The van der Waals surface area contributed by atoms with Gasteiger partial charge in [-0.3, -0.25) is 14.4 Å². The zero-order valence-electron chi connectivity index (χ0n) is 20.1. The minimum atomic E-state index is -0.792. The van der Waals surface area contributed by atoms with Crippen LogP contribution in [0.5, 0.6) is 5.75 Å². The number of benzene rings is 1. The zero-order valence-corrected chi connectivity index (χ0v) is 20.1. The van der Waals surface area contributed by atoms with Crippen molar-refractivity contribution >= 4 is 28.6 Å². The van der Waals surface area contributed by atoms with E-state index in [4.69, 9.17) is 4.74 Å². The summed E-state index contributed by atoms with van der Waals surface area (Å²) in [5, 5.41) is 18.8. The van der Waals surface area contributed by atoms with E-state index in [1.165, 1.54) is 6.42 Å². The van der Waals surface area contributed by atoms with Crippen LogP contribution in [0, 0.1) is 23.2 Å². The number of aromatic nitrogens is 1. The lowest BCUT2D eigenvalue weighted by molar-refractivity contribution is -0.125. The van der Waals surface area contributed by atoms with Crippen molar-refractivity contribution in [3.05, 3.63) is 30.0 Å². The Kier molecular flexibility index (Phi) is 7.91. The summed E-state index contributed by atoms with van der Waals surface area (Å²) in [5.74, 6) is -0.148. The van der Waals surface area contributed by atoms with Crippen LogP contribution in [0.3, 0.4) is 0 Å². The standard InChI is InChI=1S/C26H33N5O4/c1-35-23-9-5-8-20-19(23)14-22(30-20)26(34)31-21(12-16-6-3-2-4-7-16)25(33)29-18(15-27)13-17-10-11-28-24(17)32/h5,8-9,14,16-18,21,30H,2-4,6-7,10-13H2,1H3,(H,28,32)(H,29,33)(H,31,34)/t17-,18-,21?/m0/s1. The summed E-state index contributed by atoms with van der Waals surface area (Å²) < 4.78 is 5.38. The van der Waals surface area contributed by atoms with Gasteiger partial charge in [-0.25, -0.2) is 0 Å². The molecule has 0 bridgehead atoms. The van der Waals surface area contributed by atoms with E-state index in [2.05, 4.69) is 27.0 Å². The lowest BCUT2D eigenvalue weighted by atomic mass is 9.84. The topological polar surface area (TPSA) is 136 Å². The van der Waals surface area contributed by atoms with Gasteiger partial charge in [0.05, 0.1) is 13.2 Å². The summed E-state index contributed by atoms with van der Waals surface area (Å²) in [7, 11) is 1.58. The maximum atomic E-state index is 13.3. The SMILES string of the molecule is COc1cccc2[nH]c(C(=O)NC(CC3CCCCC3)C(=O)N[C@H](C#N)C[C@@H]3CCNC3=O)cc12. The van der Waals surface area contributed by atoms with Crippen LogP contribution in [-0.4, -0.2) is 48.4 Å². The third-order valence-electron chi connectivity index (χ3n) is 7.16. The number of nitrogens with zero attached hydrogens (tertiary/aromatic N) is 1. The van der Waals surface area contributed by atoms with Crippen molar-refractivity contribution in [2.45, 2.75) is 63.5 Å². The Labute approximate surface area is 205 Å². The molecule has 1 saturated heterocycles. The molecule has 3 atom stereocenters. The number of fused-ring (bicyclic) bond motifs is 1. The first-order valence-electron chi connectivity index (χ1n) is 12.4. The Morgan fingerprint density at radius 1 is 1.17 bits per heavy atom. The summed E-state index contributed by atoms with van der Waals surface area (Å²) in [4.78, 5) is 41.5. The van der Waals surface area contributed by atoms with Gasteiger partial charge in [0.1, 0.15) is 23.5 Å². The van der Waals surface area contributed by atoms with Gasteiger partial charge in [-0.1, -0.05) is 38.2 Å². The average Bonchev–Trinajstić information content (AvgIpc) is 3.49. The van der Waals surface area contributed by atoms with Crippen LogP contribution < -0.4 is 20.7 Å². The predicted octanol–water partition coefficient (Wildman–Crippen LogP) is 2.78. The summed E-state index contributed by atoms with van der Waals surface area (Å²) >= 11 is 0. The molecule has 9 nitrogen and oxygen atoms in total. The van der Waals surface area contributed by atoms with E-state index in [1.807, 2.05) is 18.2 Å². The van der Waals surface area contributed by atoms with Gasteiger partial charge >= 0.3 is 0 Å². The highest BCUT2D eigenvalue weighted by Gasteiger charge is 2.31. The molecule has 1 aliphatic heterocycles. The lowest BCUT2D eigenvalue weighted by Crippen LogP contribution is -2.50. The van der Waals surface area contributed by atoms with E-state index in [0.717, 1.165) is 36.6 Å². The van der Waals surface area contributed by atoms with Crippen molar-refractivity contribution in [1.29, 1.82) is 5.26 Å². The monoisotopic (exact) mass is 479 g/mol. The first kappa shape index (κ1) is 24.6. The van der Waals surface area contributed by atoms with Gasteiger partial charge in [0, 0.05) is 23.4 Å². The molecule has 3 amide bonds. The van der Waals surface area contributed by atoms with Crippen LogP contribution >= 0.6 is 0 Å². The number of nitrogens with one attached hydrogen (secondary N) is 4. The number of hydrogen-bond acceptors (Lipinski definition) is 5. The van der Waals surface area contributed by atoms with Gasteiger partial charge in [-0.2, -0.15) is 5.26 Å². The third-order valence-corrected chi connectivity index (χ3v) is 7.16. The molecule has 9 heteroatoms. The molecule has 4 N–H and O–H groups in total.